The van der Waals surface area contributed by atoms with Gasteiger partial charge in [0.2, 0.25) is 0 Å². The van der Waals surface area contributed by atoms with Gasteiger partial charge < -0.3 is 10.2 Å². The highest BCUT2D eigenvalue weighted by molar-refractivity contribution is 5.71. The van der Waals surface area contributed by atoms with E-state index in [0.717, 1.165) is 29.9 Å². The van der Waals surface area contributed by atoms with Crippen molar-refractivity contribution in [1.29, 1.82) is 0 Å². The molecule has 0 spiro atoms. The van der Waals surface area contributed by atoms with Gasteiger partial charge in [0, 0.05) is 25.2 Å². The molecule has 5 rings (SSSR count). The summed E-state index contributed by atoms with van der Waals surface area (Å²) in [6.07, 6.45) is -1.52. The lowest BCUT2D eigenvalue weighted by atomic mass is 10.0. The number of hydrogen-bond donors (Lipinski definition) is 1. The molecule has 8 nitrogen and oxygen atoms in total. The maximum absolute atomic E-state index is 12.9. The topological polar surface area (TPSA) is 84.7 Å². The van der Waals surface area contributed by atoms with Gasteiger partial charge in [0.1, 0.15) is 35.7 Å². The van der Waals surface area contributed by atoms with Crippen LogP contribution in [0.4, 0.5) is 33.6 Å². The van der Waals surface area contributed by atoms with Gasteiger partial charge in [-0.25, -0.2) is 33.4 Å². The van der Waals surface area contributed by atoms with E-state index in [-0.39, 0.29) is 11.9 Å². The summed E-state index contributed by atoms with van der Waals surface area (Å²) in [6.45, 7) is 0.677. The van der Waals surface area contributed by atoms with Gasteiger partial charge in [0.15, 0.2) is 5.65 Å². The Hall–Kier alpha value is -3.12. The van der Waals surface area contributed by atoms with Crippen LogP contribution in [0, 0.1) is 11.8 Å². The number of hydrogen-bond acceptors (Lipinski definition) is 7. The molecule has 1 aliphatic carbocycles. The van der Waals surface area contributed by atoms with Gasteiger partial charge >= 0.3 is 6.18 Å². The molecule has 3 aromatic rings. The van der Waals surface area contributed by atoms with Crippen LogP contribution in [0.15, 0.2) is 24.8 Å². The van der Waals surface area contributed by atoms with E-state index in [1.54, 1.807) is 6.20 Å². The molecule has 0 aromatic carbocycles. The van der Waals surface area contributed by atoms with Crippen LogP contribution >= 0.6 is 0 Å². The van der Waals surface area contributed by atoms with Crippen molar-refractivity contribution >= 4 is 22.8 Å². The standard InChI is InChI=1S/C19H19F5N8/c20-15(21)8-32-18-13(4-28-32)25-5-16(30-18)29-12-1-10-6-31(7-11(10)2-12)17-3-14(19(22,23)24)26-9-27-17/h3-5,9-12,15H,1-2,6-8H2,(H,29,30)/t10-,11+,12?. The average molecular weight is 454 g/mol. The molecule has 0 radical (unpaired) electrons. The third-order valence-corrected chi connectivity index (χ3v) is 6.03. The fourth-order valence-electron chi connectivity index (χ4n) is 4.67. The first kappa shape index (κ1) is 20.8. The van der Waals surface area contributed by atoms with Gasteiger partial charge in [-0.2, -0.15) is 18.3 Å². The number of fused-ring (bicyclic) bond motifs is 2. The Morgan fingerprint density at radius 1 is 1.06 bits per heavy atom. The third kappa shape index (κ3) is 4.02. The quantitative estimate of drug-likeness (QED) is 0.593. The minimum absolute atomic E-state index is 0.113. The van der Waals surface area contributed by atoms with Crippen molar-refractivity contribution in [3.8, 4) is 0 Å². The zero-order chi connectivity index (χ0) is 22.5. The molecular weight excluding hydrogens is 435 g/mol. The molecule has 2 aliphatic rings. The average Bonchev–Trinajstić information content (AvgIpc) is 3.41. The summed E-state index contributed by atoms with van der Waals surface area (Å²) in [4.78, 5) is 17.8. The Balaban J connectivity index is 1.23. The molecule has 1 unspecified atom stereocenters. The van der Waals surface area contributed by atoms with E-state index in [9.17, 15) is 22.0 Å². The smallest absolute Gasteiger partial charge is 0.366 e. The van der Waals surface area contributed by atoms with Crippen LogP contribution in [-0.4, -0.2) is 55.3 Å². The van der Waals surface area contributed by atoms with Crippen LogP contribution in [-0.2, 0) is 12.7 Å². The van der Waals surface area contributed by atoms with Crippen LogP contribution < -0.4 is 10.2 Å². The number of rotatable bonds is 5. The first-order chi connectivity index (χ1) is 15.3. The summed E-state index contributed by atoms with van der Waals surface area (Å²) in [6, 6.07) is 1.10. The Labute approximate surface area is 178 Å². The second-order valence-electron chi connectivity index (χ2n) is 8.18. The molecule has 32 heavy (non-hydrogen) atoms. The van der Waals surface area contributed by atoms with E-state index in [0.29, 0.717) is 41.9 Å². The third-order valence-electron chi connectivity index (χ3n) is 6.03. The van der Waals surface area contributed by atoms with Crippen LogP contribution in [0.5, 0.6) is 0 Å². The maximum atomic E-state index is 12.9. The second-order valence-corrected chi connectivity index (χ2v) is 8.18. The number of nitrogens with one attached hydrogen (secondary N) is 1. The lowest BCUT2D eigenvalue weighted by Gasteiger charge is -2.21. The van der Waals surface area contributed by atoms with Gasteiger partial charge in [-0.05, 0) is 24.7 Å². The van der Waals surface area contributed by atoms with E-state index < -0.39 is 24.8 Å². The van der Waals surface area contributed by atoms with Crippen LogP contribution in [0.3, 0.4) is 0 Å². The molecule has 4 heterocycles. The van der Waals surface area contributed by atoms with E-state index >= 15 is 0 Å². The minimum Gasteiger partial charge on any atom is -0.366 e. The Kier molecular flexibility index (Phi) is 5.05. The highest BCUT2D eigenvalue weighted by Crippen LogP contribution is 2.41. The highest BCUT2D eigenvalue weighted by Gasteiger charge is 2.42. The number of alkyl halides is 5. The number of halogens is 5. The minimum atomic E-state index is -4.50. The zero-order valence-electron chi connectivity index (χ0n) is 16.7. The number of nitrogens with zero attached hydrogens (tertiary/aromatic N) is 7. The van der Waals surface area contributed by atoms with Crippen molar-refractivity contribution in [2.45, 2.75) is 38.0 Å². The van der Waals surface area contributed by atoms with E-state index in [4.69, 9.17) is 0 Å². The molecule has 2 fully saturated rings. The second kappa shape index (κ2) is 7.78. The van der Waals surface area contributed by atoms with Crippen LogP contribution in [0.25, 0.3) is 11.2 Å². The van der Waals surface area contributed by atoms with Crippen molar-refractivity contribution in [2.75, 3.05) is 23.3 Å². The predicted octanol–water partition coefficient (Wildman–Crippen LogP) is 3.23. The van der Waals surface area contributed by atoms with Gasteiger partial charge in [0.25, 0.3) is 6.43 Å². The summed E-state index contributed by atoms with van der Waals surface area (Å²) in [5.41, 5.74) is -0.207. The Morgan fingerprint density at radius 2 is 1.81 bits per heavy atom. The number of aromatic nitrogens is 6. The highest BCUT2D eigenvalue weighted by atomic mass is 19.4. The number of anilines is 2. The van der Waals surface area contributed by atoms with E-state index in [2.05, 4.69) is 30.4 Å². The van der Waals surface area contributed by atoms with Crippen LogP contribution in [0.2, 0.25) is 0 Å². The van der Waals surface area contributed by atoms with Crippen molar-refractivity contribution < 1.29 is 22.0 Å². The Morgan fingerprint density at radius 3 is 2.50 bits per heavy atom. The molecule has 1 saturated heterocycles. The van der Waals surface area contributed by atoms with Crippen molar-refractivity contribution in [2.24, 2.45) is 11.8 Å². The van der Waals surface area contributed by atoms with E-state index in [1.807, 2.05) is 4.90 Å². The summed E-state index contributed by atoms with van der Waals surface area (Å²) in [5, 5.41) is 7.23. The maximum Gasteiger partial charge on any atom is 0.433 e. The molecule has 1 aliphatic heterocycles. The summed E-state index contributed by atoms with van der Waals surface area (Å²) in [7, 11) is 0. The van der Waals surface area contributed by atoms with Gasteiger partial charge in [-0.15, -0.1) is 0 Å². The van der Waals surface area contributed by atoms with Gasteiger partial charge in [-0.1, -0.05) is 0 Å². The molecule has 1 saturated carbocycles. The molecule has 0 bridgehead atoms. The summed E-state index contributed by atoms with van der Waals surface area (Å²) in [5.74, 6) is 1.38. The zero-order valence-corrected chi connectivity index (χ0v) is 16.7. The molecule has 1 N–H and O–H groups in total. The molecule has 3 aromatic heterocycles. The molecule has 0 amide bonds. The lowest BCUT2D eigenvalue weighted by Crippen LogP contribution is -2.26. The first-order valence-electron chi connectivity index (χ1n) is 10.1. The molecule has 13 heteroatoms. The monoisotopic (exact) mass is 454 g/mol. The summed E-state index contributed by atoms with van der Waals surface area (Å²) >= 11 is 0. The summed E-state index contributed by atoms with van der Waals surface area (Å²) < 4.78 is 65.4. The molecular formula is C19H19F5N8. The van der Waals surface area contributed by atoms with Crippen LogP contribution in [0.1, 0.15) is 18.5 Å². The van der Waals surface area contributed by atoms with Crippen molar-refractivity contribution in [3.63, 3.8) is 0 Å². The first-order valence-corrected chi connectivity index (χ1v) is 10.1. The Bertz CT molecular complexity index is 1100. The lowest BCUT2D eigenvalue weighted by molar-refractivity contribution is -0.141. The normalized spacial score (nSPS) is 23.3. The predicted molar refractivity (Wildman–Crippen MR) is 104 cm³/mol. The SMILES string of the molecule is FC(F)Cn1ncc2ncc(NC3C[C@@H]4CN(c5cc(C(F)(F)F)ncn5)C[C@@H]4C3)nc21. The van der Waals surface area contributed by atoms with Crippen molar-refractivity contribution in [3.05, 3.63) is 30.5 Å². The van der Waals surface area contributed by atoms with Gasteiger partial charge in [0.05, 0.1) is 12.4 Å². The van der Waals surface area contributed by atoms with Gasteiger partial charge in [-0.3, -0.25) is 0 Å². The fourth-order valence-corrected chi connectivity index (χ4v) is 4.67. The molecule has 3 atom stereocenters. The fraction of sp³-hybridized carbons (Fsp3) is 0.526. The van der Waals surface area contributed by atoms with Crippen molar-refractivity contribution in [1.82, 2.24) is 29.7 Å². The van der Waals surface area contributed by atoms with E-state index in [1.165, 1.54) is 6.20 Å². The molecule has 170 valence electrons. The largest absolute Gasteiger partial charge is 0.433 e.